The fourth-order valence-electron chi connectivity index (χ4n) is 3.67. The third-order valence-electron chi connectivity index (χ3n) is 5.41. The van der Waals surface area contributed by atoms with Crippen molar-refractivity contribution in [3.63, 3.8) is 0 Å². The van der Waals surface area contributed by atoms with Gasteiger partial charge in [-0.3, -0.25) is 14.2 Å². The summed E-state index contributed by atoms with van der Waals surface area (Å²) in [5.41, 5.74) is 2.66. The molecule has 4 aromatic rings. The second-order valence-electron chi connectivity index (χ2n) is 7.50. The lowest BCUT2D eigenvalue weighted by Gasteiger charge is -2.19. The summed E-state index contributed by atoms with van der Waals surface area (Å²) in [6.45, 7) is 5.14. The number of hydrogen-bond acceptors (Lipinski definition) is 4. The van der Waals surface area contributed by atoms with Crippen molar-refractivity contribution in [2.24, 2.45) is 0 Å². The van der Waals surface area contributed by atoms with E-state index in [1.165, 1.54) is 11.8 Å². The van der Waals surface area contributed by atoms with Gasteiger partial charge in [0, 0.05) is 29.4 Å². The Labute approximate surface area is 202 Å². The molecule has 0 spiro atoms. The molecule has 0 atom stereocenters. The average Bonchev–Trinajstić information content (AvgIpc) is 2.83. The van der Waals surface area contributed by atoms with Crippen molar-refractivity contribution in [2.75, 3.05) is 13.1 Å². The Morgan fingerprint density at radius 1 is 1.00 bits per heavy atom. The first-order valence-corrected chi connectivity index (χ1v) is 12.2. The second-order valence-corrected chi connectivity index (χ2v) is 8.88. The number of hydrogen-bond donors (Lipinski definition) is 0. The van der Waals surface area contributed by atoms with E-state index in [0.717, 1.165) is 11.3 Å². The van der Waals surface area contributed by atoms with Crippen molar-refractivity contribution >= 4 is 40.2 Å². The zero-order valence-electron chi connectivity index (χ0n) is 18.5. The van der Waals surface area contributed by atoms with E-state index in [-0.39, 0.29) is 11.5 Å². The van der Waals surface area contributed by atoms with Crippen LogP contribution >= 0.6 is 23.4 Å². The Bertz CT molecular complexity index is 1350. The molecule has 0 bridgehead atoms. The van der Waals surface area contributed by atoms with Gasteiger partial charge >= 0.3 is 0 Å². The lowest BCUT2D eigenvalue weighted by atomic mass is 10.1. The summed E-state index contributed by atoms with van der Waals surface area (Å²) in [6, 6.07) is 22.2. The van der Waals surface area contributed by atoms with Gasteiger partial charge in [-0.1, -0.05) is 53.7 Å². The minimum Gasteiger partial charge on any atom is -0.339 e. The highest BCUT2D eigenvalue weighted by Gasteiger charge is 2.17. The Morgan fingerprint density at radius 3 is 2.45 bits per heavy atom. The number of aromatic nitrogens is 2. The van der Waals surface area contributed by atoms with Gasteiger partial charge in [0.15, 0.2) is 5.16 Å². The molecule has 7 heteroatoms. The van der Waals surface area contributed by atoms with Crippen LogP contribution in [0.1, 0.15) is 29.8 Å². The molecule has 0 aliphatic carbocycles. The first kappa shape index (κ1) is 23.1. The Morgan fingerprint density at radius 2 is 1.76 bits per heavy atom. The van der Waals surface area contributed by atoms with E-state index >= 15 is 0 Å². The maximum atomic E-state index is 13.5. The molecule has 1 amide bonds. The second kappa shape index (κ2) is 10.2. The zero-order valence-corrected chi connectivity index (χ0v) is 20.1. The number of carbonyl (C=O) groups excluding carboxylic acids is 1. The molecule has 0 N–H and O–H groups in total. The predicted molar refractivity (Wildman–Crippen MR) is 136 cm³/mol. The fraction of sp³-hybridized carbons (Fsp3) is 0.192. The van der Waals surface area contributed by atoms with Gasteiger partial charge in [0.2, 0.25) is 0 Å². The number of carbonyl (C=O) groups is 1. The molecule has 5 nitrogen and oxygen atoms in total. The van der Waals surface area contributed by atoms with Crippen LogP contribution in [0.25, 0.3) is 16.6 Å². The maximum absolute atomic E-state index is 13.5. The van der Waals surface area contributed by atoms with Gasteiger partial charge in [-0.05, 0) is 61.9 Å². The predicted octanol–water partition coefficient (Wildman–Crippen LogP) is 5.81. The van der Waals surface area contributed by atoms with Gasteiger partial charge in [0.1, 0.15) is 0 Å². The molecule has 0 saturated heterocycles. The molecular formula is C26H24ClN3O2S. The number of rotatable bonds is 7. The topological polar surface area (TPSA) is 55.2 Å². The molecule has 3 aromatic carbocycles. The largest absolute Gasteiger partial charge is 0.339 e. The number of para-hydroxylation sites is 1. The highest BCUT2D eigenvalue weighted by atomic mass is 35.5. The Kier molecular flexibility index (Phi) is 7.16. The first-order chi connectivity index (χ1) is 16.0. The van der Waals surface area contributed by atoms with Gasteiger partial charge in [-0.2, -0.15) is 0 Å². The number of benzene rings is 3. The van der Waals surface area contributed by atoms with Gasteiger partial charge in [-0.15, -0.1) is 0 Å². The van der Waals surface area contributed by atoms with Crippen LogP contribution < -0.4 is 5.56 Å². The molecule has 168 valence electrons. The normalized spacial score (nSPS) is 11.0. The van der Waals surface area contributed by atoms with Gasteiger partial charge in [-0.25, -0.2) is 4.98 Å². The molecule has 1 heterocycles. The monoisotopic (exact) mass is 477 g/mol. The van der Waals surface area contributed by atoms with Gasteiger partial charge < -0.3 is 4.90 Å². The molecule has 0 fully saturated rings. The van der Waals surface area contributed by atoms with Crippen molar-refractivity contribution in [3.8, 4) is 5.69 Å². The number of thioether (sulfide) groups is 1. The van der Waals surface area contributed by atoms with Crippen molar-refractivity contribution < 1.29 is 4.79 Å². The molecule has 0 unspecified atom stereocenters. The van der Waals surface area contributed by atoms with Crippen molar-refractivity contribution in [1.29, 1.82) is 0 Å². The average molecular weight is 478 g/mol. The van der Waals surface area contributed by atoms with Crippen molar-refractivity contribution in [2.45, 2.75) is 24.8 Å². The van der Waals surface area contributed by atoms with Crippen LogP contribution in [-0.2, 0) is 5.75 Å². The Hall–Kier alpha value is -3.09. The van der Waals surface area contributed by atoms with E-state index in [2.05, 4.69) is 0 Å². The number of amides is 1. The van der Waals surface area contributed by atoms with E-state index in [1.54, 1.807) is 27.7 Å². The van der Waals surface area contributed by atoms with Crippen molar-refractivity contribution in [1.82, 2.24) is 14.5 Å². The van der Waals surface area contributed by atoms with E-state index < -0.39 is 0 Å². The van der Waals surface area contributed by atoms with Gasteiger partial charge in [0.25, 0.3) is 11.5 Å². The van der Waals surface area contributed by atoms with Crippen LogP contribution in [0.5, 0.6) is 0 Å². The quantitative estimate of drug-likeness (QED) is 0.249. The lowest BCUT2D eigenvalue weighted by molar-refractivity contribution is 0.0773. The third kappa shape index (κ3) is 4.97. The summed E-state index contributed by atoms with van der Waals surface area (Å²) in [5.74, 6) is 0.535. The van der Waals surface area contributed by atoms with Crippen LogP contribution in [0.2, 0.25) is 5.02 Å². The molecule has 0 aliphatic rings. The summed E-state index contributed by atoms with van der Waals surface area (Å²) < 4.78 is 1.63. The standard InChI is InChI=1S/C26H24ClN3O2S/c1-3-29(4-2)24(31)19-13-14-22-23(16-19)28-26(33-17-18-9-8-10-20(27)15-18)30(25(22)32)21-11-6-5-7-12-21/h5-16H,3-4,17H2,1-2H3. The van der Waals surface area contributed by atoms with Crippen LogP contribution in [0.3, 0.4) is 0 Å². The van der Waals surface area contributed by atoms with Crippen LogP contribution in [0.4, 0.5) is 0 Å². The SMILES string of the molecule is CCN(CC)C(=O)c1ccc2c(=O)n(-c3ccccc3)c(SCc3cccc(Cl)c3)nc2c1. The minimum atomic E-state index is -0.165. The highest BCUT2D eigenvalue weighted by molar-refractivity contribution is 7.98. The summed E-state index contributed by atoms with van der Waals surface area (Å²) in [5, 5.41) is 1.70. The summed E-state index contributed by atoms with van der Waals surface area (Å²) in [7, 11) is 0. The Balaban J connectivity index is 1.82. The molecule has 33 heavy (non-hydrogen) atoms. The summed E-state index contributed by atoms with van der Waals surface area (Å²) in [4.78, 5) is 33.0. The zero-order chi connectivity index (χ0) is 23.4. The van der Waals surface area contributed by atoms with Crippen molar-refractivity contribution in [3.05, 3.63) is 99.3 Å². The highest BCUT2D eigenvalue weighted by Crippen LogP contribution is 2.26. The number of fused-ring (bicyclic) bond motifs is 1. The number of nitrogens with zero attached hydrogens (tertiary/aromatic N) is 3. The lowest BCUT2D eigenvalue weighted by Crippen LogP contribution is -2.30. The molecule has 1 aromatic heterocycles. The smallest absolute Gasteiger partial charge is 0.266 e. The van der Waals surface area contributed by atoms with Gasteiger partial charge in [0.05, 0.1) is 16.6 Å². The number of halogens is 1. The van der Waals surface area contributed by atoms with E-state index in [9.17, 15) is 9.59 Å². The van der Waals surface area contributed by atoms with Crippen LogP contribution in [0.15, 0.2) is 82.7 Å². The molecular weight excluding hydrogens is 454 g/mol. The van der Waals surface area contributed by atoms with E-state index in [4.69, 9.17) is 16.6 Å². The van der Waals surface area contributed by atoms with E-state index in [0.29, 0.717) is 45.5 Å². The molecule has 0 aliphatic heterocycles. The van der Waals surface area contributed by atoms with Crippen LogP contribution in [0, 0.1) is 0 Å². The van der Waals surface area contributed by atoms with Crippen LogP contribution in [-0.4, -0.2) is 33.4 Å². The summed E-state index contributed by atoms with van der Waals surface area (Å²) in [6.07, 6.45) is 0. The summed E-state index contributed by atoms with van der Waals surface area (Å²) >= 11 is 7.60. The minimum absolute atomic E-state index is 0.0657. The molecule has 4 rings (SSSR count). The first-order valence-electron chi connectivity index (χ1n) is 10.8. The maximum Gasteiger partial charge on any atom is 0.266 e. The van der Waals surface area contributed by atoms with E-state index in [1.807, 2.05) is 68.4 Å². The molecule has 0 saturated carbocycles. The fourth-order valence-corrected chi connectivity index (χ4v) is 4.84. The third-order valence-corrected chi connectivity index (χ3v) is 6.65. The molecule has 0 radical (unpaired) electrons.